The van der Waals surface area contributed by atoms with Crippen molar-refractivity contribution in [1.82, 2.24) is 10.2 Å². The third-order valence-corrected chi connectivity index (χ3v) is 16.1. The summed E-state index contributed by atoms with van der Waals surface area (Å²) < 4.78 is 0. The molecule has 4 fully saturated rings. The Balaban J connectivity index is 1.31. The predicted molar refractivity (Wildman–Crippen MR) is 201 cm³/mol. The molecule has 4 saturated carbocycles. The fourth-order valence-electron chi connectivity index (χ4n) is 13.7. The van der Waals surface area contributed by atoms with Crippen LogP contribution in [-0.2, 0) is 4.79 Å². The first-order valence-corrected chi connectivity index (χ1v) is 19.6. The average molecular weight is 671 g/mol. The Bertz CT molecular complexity index is 1500. The Labute approximate surface area is 297 Å². The summed E-state index contributed by atoms with van der Waals surface area (Å²) in [5, 5.41) is 13.3. The van der Waals surface area contributed by atoms with Crippen molar-refractivity contribution in [3.05, 3.63) is 53.6 Å². The summed E-state index contributed by atoms with van der Waals surface area (Å²) in [6, 6.07) is 8.24. The van der Waals surface area contributed by atoms with E-state index in [9.17, 15) is 14.7 Å². The highest BCUT2D eigenvalue weighted by Crippen LogP contribution is 2.76. The van der Waals surface area contributed by atoms with E-state index in [2.05, 4.69) is 92.1 Å². The largest absolute Gasteiger partial charge is 0.478 e. The van der Waals surface area contributed by atoms with Gasteiger partial charge in [0.1, 0.15) is 0 Å². The van der Waals surface area contributed by atoms with Crippen molar-refractivity contribution in [3.63, 3.8) is 0 Å². The maximum atomic E-state index is 13.9. The van der Waals surface area contributed by atoms with Gasteiger partial charge in [-0.3, -0.25) is 9.69 Å². The highest BCUT2D eigenvalue weighted by molar-refractivity contribution is 5.88. The van der Waals surface area contributed by atoms with Gasteiger partial charge >= 0.3 is 5.97 Å². The maximum absolute atomic E-state index is 13.9. The number of carboxylic acid groups (broad SMARTS) is 1. The van der Waals surface area contributed by atoms with E-state index < -0.39 is 5.97 Å². The number of hydrogen-bond acceptors (Lipinski definition) is 3. The molecule has 0 bridgehead atoms. The molecule has 5 heteroatoms. The van der Waals surface area contributed by atoms with E-state index in [0.717, 1.165) is 25.7 Å². The molecule has 0 radical (unpaired) electrons. The minimum Gasteiger partial charge on any atom is -0.478 e. The minimum absolute atomic E-state index is 0.000814. The van der Waals surface area contributed by atoms with Crippen LogP contribution in [0.25, 0.3) is 5.57 Å². The zero-order valence-electron chi connectivity index (χ0n) is 32.4. The topological polar surface area (TPSA) is 69.6 Å². The Hall–Kier alpha value is -2.40. The van der Waals surface area contributed by atoms with Crippen LogP contribution in [0.1, 0.15) is 143 Å². The summed E-state index contributed by atoms with van der Waals surface area (Å²) in [5.41, 5.74) is 4.73. The molecule has 49 heavy (non-hydrogen) atoms. The van der Waals surface area contributed by atoms with Gasteiger partial charge in [0.25, 0.3) is 0 Å². The van der Waals surface area contributed by atoms with Crippen molar-refractivity contribution >= 4 is 17.4 Å². The molecular formula is C44H66N2O3. The Kier molecular flexibility index (Phi) is 9.19. The van der Waals surface area contributed by atoms with Gasteiger partial charge in [-0.05, 0) is 167 Å². The second-order valence-electron chi connectivity index (χ2n) is 19.2. The van der Waals surface area contributed by atoms with E-state index >= 15 is 0 Å². The number of fused-ring (bicyclic) bond motifs is 7. The number of rotatable bonds is 8. The Morgan fingerprint density at radius 1 is 0.878 bits per heavy atom. The number of nitrogens with one attached hydrogen (secondary N) is 1. The lowest BCUT2D eigenvalue weighted by Gasteiger charge is -2.72. The van der Waals surface area contributed by atoms with Gasteiger partial charge in [0.2, 0.25) is 5.91 Å². The normalized spacial score (nSPS) is 39.4. The summed E-state index contributed by atoms with van der Waals surface area (Å²) in [5.74, 6) is 2.04. The highest BCUT2D eigenvalue weighted by atomic mass is 16.4. The first-order valence-electron chi connectivity index (χ1n) is 19.6. The van der Waals surface area contributed by atoms with Crippen LogP contribution in [0.2, 0.25) is 0 Å². The summed E-state index contributed by atoms with van der Waals surface area (Å²) in [6.07, 6.45) is 13.1. The molecule has 5 aliphatic carbocycles. The molecule has 6 rings (SSSR count). The third-order valence-electron chi connectivity index (χ3n) is 16.1. The number of aromatic carboxylic acids is 1. The molecule has 0 aromatic heterocycles. The molecule has 5 aliphatic rings. The fourth-order valence-corrected chi connectivity index (χ4v) is 13.7. The molecule has 1 amide bonds. The zero-order chi connectivity index (χ0) is 35.9. The lowest BCUT2D eigenvalue weighted by molar-refractivity contribution is -0.219. The molecule has 1 aromatic rings. The molecule has 0 heterocycles. The molecule has 0 aliphatic heterocycles. The first-order chi connectivity index (χ1) is 22.8. The molecule has 5 nitrogen and oxygen atoms in total. The van der Waals surface area contributed by atoms with Crippen molar-refractivity contribution in [3.8, 4) is 0 Å². The number of carbonyl (C=O) groups excluding carboxylic acids is 1. The van der Waals surface area contributed by atoms with Crippen molar-refractivity contribution in [2.24, 2.45) is 51.2 Å². The summed E-state index contributed by atoms with van der Waals surface area (Å²) in [7, 11) is 0. The third kappa shape index (κ3) is 5.49. The van der Waals surface area contributed by atoms with Gasteiger partial charge in [0.05, 0.1) is 12.1 Å². The number of hydrogen-bond donors (Lipinski definition) is 2. The second kappa shape index (κ2) is 12.4. The van der Waals surface area contributed by atoms with Crippen LogP contribution in [0.4, 0.5) is 0 Å². The Morgan fingerprint density at radius 2 is 1.53 bits per heavy atom. The van der Waals surface area contributed by atoms with Gasteiger partial charge in [0, 0.05) is 17.6 Å². The zero-order valence-corrected chi connectivity index (χ0v) is 32.4. The van der Waals surface area contributed by atoms with Crippen LogP contribution < -0.4 is 5.32 Å². The van der Waals surface area contributed by atoms with Crippen molar-refractivity contribution in [1.29, 1.82) is 0 Å². The van der Waals surface area contributed by atoms with Gasteiger partial charge < -0.3 is 10.4 Å². The quantitative estimate of drug-likeness (QED) is 0.270. The lowest BCUT2D eigenvalue weighted by atomic mass is 9.33. The molecular weight excluding hydrogens is 604 g/mol. The van der Waals surface area contributed by atoms with Gasteiger partial charge in [-0.2, -0.15) is 0 Å². The van der Waals surface area contributed by atoms with Crippen molar-refractivity contribution in [2.75, 3.05) is 6.54 Å². The predicted octanol–water partition coefficient (Wildman–Crippen LogP) is 10.0. The maximum Gasteiger partial charge on any atom is 0.335 e. The van der Waals surface area contributed by atoms with E-state index in [1.807, 2.05) is 12.1 Å². The first kappa shape index (κ1) is 36.4. The number of benzene rings is 1. The van der Waals surface area contributed by atoms with E-state index in [-0.39, 0.29) is 33.1 Å². The van der Waals surface area contributed by atoms with E-state index in [4.69, 9.17) is 0 Å². The number of nitrogens with zero attached hydrogens (tertiary/aromatic N) is 1. The van der Waals surface area contributed by atoms with E-state index in [1.54, 1.807) is 12.1 Å². The van der Waals surface area contributed by atoms with Gasteiger partial charge in [-0.15, -0.1) is 0 Å². The summed E-state index contributed by atoms with van der Waals surface area (Å²) in [4.78, 5) is 27.8. The molecule has 0 spiro atoms. The molecule has 2 N–H and O–H groups in total. The average Bonchev–Trinajstić information content (AvgIpc) is 3.39. The van der Waals surface area contributed by atoms with Crippen LogP contribution >= 0.6 is 0 Å². The fraction of sp³-hybridized carbons (Fsp3) is 0.727. The number of carbonyl (C=O) groups is 2. The molecule has 0 saturated heterocycles. The smallest absolute Gasteiger partial charge is 0.335 e. The van der Waals surface area contributed by atoms with Gasteiger partial charge in [-0.25, -0.2) is 4.79 Å². The Morgan fingerprint density at radius 3 is 2.12 bits per heavy atom. The van der Waals surface area contributed by atoms with Crippen molar-refractivity contribution < 1.29 is 14.7 Å². The van der Waals surface area contributed by atoms with Crippen molar-refractivity contribution in [2.45, 2.75) is 145 Å². The minimum atomic E-state index is -0.870. The number of amides is 1. The molecule has 1 aromatic carbocycles. The van der Waals surface area contributed by atoms with E-state index in [0.29, 0.717) is 53.8 Å². The monoisotopic (exact) mass is 671 g/mol. The number of allylic oxidation sites excluding steroid dienone is 3. The molecule has 270 valence electrons. The highest BCUT2D eigenvalue weighted by Gasteiger charge is 2.70. The number of carboxylic acids is 1. The molecule has 9 atom stereocenters. The SMILES string of the molecule is C=C(C)[C@@H]1CC[C@]2(NC(=O)CN(C(C)C)C(C)C)CC[C@]3(C)[C@H](CCC4[C@@]5(C)CC=C(c6ccc(C(=O)O)cc6)C(C)(C)C5CC[C@]43C)C12. The van der Waals surface area contributed by atoms with Crippen LogP contribution in [0, 0.1) is 51.2 Å². The summed E-state index contributed by atoms with van der Waals surface area (Å²) in [6.45, 7) is 29.0. The standard InChI is InChI=1S/C44H66N2O3/c1-27(2)32-18-23-44(45-37(47)26-46(28(3)4)29(5)6)25-24-42(10)34(38(32)44)16-17-36-41(9)21-19-33(30-12-14-31(15-13-30)39(48)49)40(7,8)35(41)20-22-43(36,42)11/h12-15,19,28-29,32,34-36,38H,1,16-18,20-26H2,2-11H3,(H,45,47)(H,48,49)/t32-,34+,35?,36?,38?,41-,42+,43+,44-/m0/s1. The van der Waals surface area contributed by atoms with Crippen LogP contribution in [-0.4, -0.2) is 46.1 Å². The van der Waals surface area contributed by atoms with Crippen LogP contribution in [0.15, 0.2) is 42.5 Å². The van der Waals surface area contributed by atoms with Crippen LogP contribution in [0.3, 0.4) is 0 Å². The lowest BCUT2D eigenvalue weighted by Crippen LogP contribution is -2.68. The molecule has 3 unspecified atom stereocenters. The van der Waals surface area contributed by atoms with Gasteiger partial charge in [0.15, 0.2) is 0 Å². The van der Waals surface area contributed by atoms with E-state index in [1.165, 1.54) is 48.8 Å². The second-order valence-corrected chi connectivity index (χ2v) is 19.2. The van der Waals surface area contributed by atoms with Gasteiger partial charge in [-0.1, -0.05) is 65.0 Å². The van der Waals surface area contributed by atoms with Crippen LogP contribution in [0.5, 0.6) is 0 Å². The summed E-state index contributed by atoms with van der Waals surface area (Å²) >= 11 is 0.